The Morgan fingerprint density at radius 3 is 2.06 bits per heavy atom. The number of thiocarbonyl (C=S) groups is 1. The molecule has 1 heterocycles. The third-order valence-electron chi connectivity index (χ3n) is 2.12. The first-order valence-electron chi connectivity index (χ1n) is 5.67. The average Bonchev–Trinajstić information content (AvgIpc) is 2.29. The second kappa shape index (κ2) is 7.45. The van der Waals surface area contributed by atoms with Crippen LogP contribution in [0.5, 0.6) is 0 Å². The Kier molecular flexibility index (Phi) is 7.06. The monoisotopic (exact) mass is 261 g/mol. The molecule has 0 aromatic heterocycles. The average molecular weight is 261 g/mol. The molecule has 1 saturated heterocycles. The molecule has 0 unspecified atom stereocenters. The third kappa shape index (κ3) is 6.43. The van der Waals surface area contributed by atoms with Gasteiger partial charge in [-0.05, 0) is 27.8 Å². The molecule has 1 rings (SSSR count). The van der Waals surface area contributed by atoms with Crippen LogP contribution in [-0.4, -0.2) is 60.2 Å². The molecule has 1 fully saturated rings. The number of hydrogen-bond acceptors (Lipinski definition) is 4. The van der Waals surface area contributed by atoms with Crippen LogP contribution in [0.2, 0.25) is 0 Å². The number of nitrogens with two attached hydrogens (primary N) is 1. The van der Waals surface area contributed by atoms with Gasteiger partial charge in [0, 0.05) is 26.2 Å². The van der Waals surface area contributed by atoms with E-state index in [1.54, 1.807) is 10.4 Å². The van der Waals surface area contributed by atoms with Crippen LogP contribution < -0.4 is 5.73 Å². The first kappa shape index (κ1) is 16.1. The quantitative estimate of drug-likeness (QED) is 0.716. The molecule has 0 aliphatic carbocycles. The van der Waals surface area contributed by atoms with Gasteiger partial charge in [0.2, 0.25) is 0 Å². The van der Waals surface area contributed by atoms with Gasteiger partial charge in [-0.25, -0.2) is 4.79 Å². The maximum atomic E-state index is 11.7. The zero-order valence-corrected chi connectivity index (χ0v) is 11.9. The normalized spacial score (nSPS) is 15.8. The van der Waals surface area contributed by atoms with Gasteiger partial charge in [0.1, 0.15) is 5.60 Å². The van der Waals surface area contributed by atoms with Crippen molar-refractivity contribution in [3.8, 4) is 0 Å². The van der Waals surface area contributed by atoms with Crippen LogP contribution in [0.1, 0.15) is 20.8 Å². The Labute approximate surface area is 109 Å². The molecular weight excluding hydrogens is 238 g/mol. The lowest BCUT2D eigenvalue weighted by molar-refractivity contribution is 0.0190. The topological polar surface area (TPSA) is 58.8 Å². The SMILES string of the molecule is CC(C)(C)OC(=O)N1CCN(C=S)CC1.CN. The molecule has 6 heteroatoms. The molecule has 0 radical (unpaired) electrons. The van der Waals surface area contributed by atoms with Gasteiger partial charge in [0.05, 0.1) is 5.49 Å². The number of ether oxygens (including phenoxy) is 1. The number of carbonyl (C=O) groups is 1. The van der Waals surface area contributed by atoms with Crippen LogP contribution in [0.4, 0.5) is 4.79 Å². The molecule has 0 spiro atoms. The molecule has 0 bridgehead atoms. The lowest BCUT2D eigenvalue weighted by Crippen LogP contribution is -2.49. The van der Waals surface area contributed by atoms with Crippen LogP contribution in [0.3, 0.4) is 0 Å². The highest BCUT2D eigenvalue weighted by Gasteiger charge is 2.24. The van der Waals surface area contributed by atoms with Gasteiger partial charge in [0.15, 0.2) is 0 Å². The summed E-state index contributed by atoms with van der Waals surface area (Å²) in [6.07, 6.45) is -0.230. The van der Waals surface area contributed by atoms with Gasteiger partial charge in [-0.15, -0.1) is 0 Å². The van der Waals surface area contributed by atoms with Crippen molar-refractivity contribution in [2.75, 3.05) is 33.2 Å². The molecule has 2 N–H and O–H groups in total. The maximum absolute atomic E-state index is 11.7. The van der Waals surface area contributed by atoms with E-state index in [2.05, 4.69) is 5.73 Å². The molecule has 100 valence electrons. The summed E-state index contributed by atoms with van der Waals surface area (Å²) >= 11 is 4.83. The van der Waals surface area contributed by atoms with E-state index in [0.717, 1.165) is 13.1 Å². The summed E-state index contributed by atoms with van der Waals surface area (Å²) in [7, 11) is 1.50. The smallest absolute Gasteiger partial charge is 0.410 e. The fourth-order valence-electron chi connectivity index (χ4n) is 1.34. The van der Waals surface area contributed by atoms with Crippen molar-refractivity contribution >= 4 is 23.8 Å². The predicted octanol–water partition coefficient (Wildman–Crippen LogP) is 1.07. The summed E-state index contributed by atoms with van der Waals surface area (Å²) in [5.74, 6) is 0. The molecule has 5 nitrogen and oxygen atoms in total. The lowest BCUT2D eigenvalue weighted by Gasteiger charge is -2.34. The van der Waals surface area contributed by atoms with Gasteiger partial charge in [-0.1, -0.05) is 12.2 Å². The Morgan fingerprint density at radius 1 is 1.24 bits per heavy atom. The van der Waals surface area contributed by atoms with Crippen LogP contribution in [0.25, 0.3) is 0 Å². The van der Waals surface area contributed by atoms with Crippen molar-refractivity contribution in [2.45, 2.75) is 26.4 Å². The fourth-order valence-corrected chi connectivity index (χ4v) is 1.55. The molecule has 0 atom stereocenters. The van der Waals surface area contributed by atoms with E-state index in [0.29, 0.717) is 13.1 Å². The molecule has 0 saturated carbocycles. The molecule has 1 aliphatic rings. The largest absolute Gasteiger partial charge is 0.444 e. The Balaban J connectivity index is 0.00000121. The van der Waals surface area contributed by atoms with E-state index in [9.17, 15) is 4.79 Å². The molecule has 17 heavy (non-hydrogen) atoms. The van der Waals surface area contributed by atoms with E-state index >= 15 is 0 Å². The number of carbonyl (C=O) groups excluding carboxylic acids is 1. The van der Waals surface area contributed by atoms with E-state index in [4.69, 9.17) is 17.0 Å². The predicted molar refractivity (Wildman–Crippen MR) is 73.1 cm³/mol. The number of amides is 1. The summed E-state index contributed by atoms with van der Waals surface area (Å²) in [5.41, 5.74) is 5.73. The van der Waals surface area contributed by atoms with Gasteiger partial charge >= 0.3 is 6.09 Å². The highest BCUT2D eigenvalue weighted by molar-refractivity contribution is 7.78. The van der Waals surface area contributed by atoms with Crippen LogP contribution in [-0.2, 0) is 4.74 Å². The van der Waals surface area contributed by atoms with Gasteiger partial charge in [-0.3, -0.25) is 0 Å². The second-order valence-corrected chi connectivity index (χ2v) is 4.82. The third-order valence-corrected chi connectivity index (χ3v) is 2.41. The molecule has 0 aromatic rings. The minimum atomic E-state index is -0.418. The fraction of sp³-hybridized carbons (Fsp3) is 0.818. The van der Waals surface area contributed by atoms with Crippen LogP contribution >= 0.6 is 12.2 Å². The number of rotatable bonds is 1. The summed E-state index contributed by atoms with van der Waals surface area (Å²) in [4.78, 5) is 15.4. The van der Waals surface area contributed by atoms with E-state index in [-0.39, 0.29) is 6.09 Å². The van der Waals surface area contributed by atoms with Gasteiger partial charge < -0.3 is 20.3 Å². The molecule has 0 aromatic carbocycles. The summed E-state index contributed by atoms with van der Waals surface area (Å²) in [6.45, 7) is 8.57. The molecular formula is C11H23N3O2S. The number of piperazine rings is 1. The van der Waals surface area contributed by atoms with Crippen molar-refractivity contribution in [1.82, 2.24) is 9.80 Å². The van der Waals surface area contributed by atoms with Crippen LogP contribution in [0.15, 0.2) is 0 Å². The molecule has 1 amide bonds. The minimum absolute atomic E-state index is 0.230. The Morgan fingerprint density at radius 2 is 1.71 bits per heavy atom. The highest BCUT2D eigenvalue weighted by atomic mass is 32.1. The number of hydrogen-bond donors (Lipinski definition) is 1. The van der Waals surface area contributed by atoms with Crippen molar-refractivity contribution in [3.63, 3.8) is 0 Å². The minimum Gasteiger partial charge on any atom is -0.444 e. The Bertz CT molecular complexity index is 246. The van der Waals surface area contributed by atoms with Gasteiger partial charge in [0.25, 0.3) is 0 Å². The standard InChI is InChI=1S/C10H18N2O2S.CH5N/c1-10(2,3)14-9(13)12-6-4-11(8-15)5-7-12;1-2/h8H,4-7H2,1-3H3;2H2,1H3. The zero-order chi connectivity index (χ0) is 13.5. The van der Waals surface area contributed by atoms with Crippen molar-refractivity contribution in [3.05, 3.63) is 0 Å². The summed E-state index contributed by atoms with van der Waals surface area (Å²) in [6, 6.07) is 0. The lowest BCUT2D eigenvalue weighted by atomic mass is 10.2. The van der Waals surface area contributed by atoms with Crippen LogP contribution in [0, 0.1) is 0 Å². The second-order valence-electron chi connectivity index (χ2n) is 4.61. The molecule has 1 aliphatic heterocycles. The van der Waals surface area contributed by atoms with Crippen molar-refractivity contribution < 1.29 is 9.53 Å². The van der Waals surface area contributed by atoms with E-state index < -0.39 is 5.60 Å². The Hall–Kier alpha value is -0.880. The number of nitrogens with zero attached hydrogens (tertiary/aromatic N) is 2. The van der Waals surface area contributed by atoms with Crippen molar-refractivity contribution in [1.29, 1.82) is 0 Å². The highest BCUT2D eigenvalue weighted by Crippen LogP contribution is 2.11. The first-order valence-corrected chi connectivity index (χ1v) is 6.14. The van der Waals surface area contributed by atoms with E-state index in [1.807, 2.05) is 25.7 Å². The first-order chi connectivity index (χ1) is 7.92. The summed E-state index contributed by atoms with van der Waals surface area (Å²) < 4.78 is 5.28. The summed E-state index contributed by atoms with van der Waals surface area (Å²) in [5, 5.41) is 0. The van der Waals surface area contributed by atoms with E-state index in [1.165, 1.54) is 7.05 Å². The zero-order valence-electron chi connectivity index (χ0n) is 11.1. The maximum Gasteiger partial charge on any atom is 0.410 e. The van der Waals surface area contributed by atoms with Crippen molar-refractivity contribution in [2.24, 2.45) is 5.73 Å². The van der Waals surface area contributed by atoms with Gasteiger partial charge in [-0.2, -0.15) is 0 Å².